The van der Waals surface area contributed by atoms with E-state index in [1.54, 1.807) is 56.6 Å². The molecule has 31 heavy (non-hydrogen) atoms. The molecule has 0 spiro atoms. The van der Waals surface area contributed by atoms with Crippen LogP contribution in [0, 0.1) is 0 Å². The van der Waals surface area contributed by atoms with Crippen molar-refractivity contribution in [3.05, 3.63) is 95.6 Å². The number of methoxy groups -OCH3 is 1. The molecule has 0 aliphatic heterocycles. The standard InChI is InChI=1S/C25H25NO5/c1-26(2)24(27)23(19-12-8-5-9-13-19)31-25(28)20-14-15-21(22(16-20)29-3)30-17-18-10-6-4-7-11-18/h4-16,23H,17H2,1-3H3/t23-/m0/s1. The summed E-state index contributed by atoms with van der Waals surface area (Å²) in [4.78, 5) is 26.8. The number of esters is 1. The summed E-state index contributed by atoms with van der Waals surface area (Å²) in [5, 5.41) is 0. The summed E-state index contributed by atoms with van der Waals surface area (Å²) in [7, 11) is 4.74. The molecule has 0 aliphatic carbocycles. The van der Waals surface area contributed by atoms with E-state index in [9.17, 15) is 9.59 Å². The van der Waals surface area contributed by atoms with Gasteiger partial charge in [0.15, 0.2) is 11.5 Å². The molecule has 0 aromatic heterocycles. The zero-order chi connectivity index (χ0) is 22.2. The maximum absolute atomic E-state index is 12.8. The molecule has 0 radical (unpaired) electrons. The first kappa shape index (κ1) is 21.9. The van der Waals surface area contributed by atoms with Crippen molar-refractivity contribution in [1.29, 1.82) is 0 Å². The van der Waals surface area contributed by atoms with Crippen molar-refractivity contribution in [3.8, 4) is 11.5 Å². The first-order chi connectivity index (χ1) is 15.0. The molecule has 0 heterocycles. The van der Waals surface area contributed by atoms with Crippen LogP contribution in [0.15, 0.2) is 78.9 Å². The lowest BCUT2D eigenvalue weighted by Gasteiger charge is -2.21. The van der Waals surface area contributed by atoms with E-state index in [0.29, 0.717) is 23.7 Å². The summed E-state index contributed by atoms with van der Waals surface area (Å²) >= 11 is 0. The van der Waals surface area contributed by atoms with E-state index in [4.69, 9.17) is 14.2 Å². The topological polar surface area (TPSA) is 65.1 Å². The number of ether oxygens (including phenoxy) is 3. The number of carbonyl (C=O) groups excluding carboxylic acids is 2. The normalized spacial score (nSPS) is 11.3. The molecule has 0 unspecified atom stereocenters. The van der Waals surface area contributed by atoms with Gasteiger partial charge in [0, 0.05) is 19.7 Å². The number of nitrogens with zero attached hydrogens (tertiary/aromatic N) is 1. The second-order valence-electron chi connectivity index (χ2n) is 7.07. The second kappa shape index (κ2) is 10.3. The van der Waals surface area contributed by atoms with Gasteiger partial charge in [0.25, 0.3) is 5.91 Å². The predicted octanol–water partition coefficient (Wildman–Crippen LogP) is 4.26. The fraction of sp³-hybridized carbons (Fsp3) is 0.200. The van der Waals surface area contributed by atoms with Crippen molar-refractivity contribution in [3.63, 3.8) is 0 Å². The molecule has 160 valence electrons. The summed E-state index contributed by atoms with van der Waals surface area (Å²) in [6, 6.07) is 23.5. The molecule has 6 nitrogen and oxygen atoms in total. The van der Waals surface area contributed by atoms with E-state index in [1.807, 2.05) is 36.4 Å². The third kappa shape index (κ3) is 5.63. The quantitative estimate of drug-likeness (QED) is 0.511. The molecule has 0 saturated heterocycles. The lowest BCUT2D eigenvalue weighted by Crippen LogP contribution is -2.31. The Labute approximate surface area is 182 Å². The van der Waals surface area contributed by atoms with E-state index in [0.717, 1.165) is 5.56 Å². The maximum Gasteiger partial charge on any atom is 0.339 e. The van der Waals surface area contributed by atoms with E-state index in [2.05, 4.69) is 0 Å². The zero-order valence-electron chi connectivity index (χ0n) is 17.8. The maximum atomic E-state index is 12.8. The smallest absolute Gasteiger partial charge is 0.339 e. The van der Waals surface area contributed by atoms with Crippen LogP contribution < -0.4 is 9.47 Å². The van der Waals surface area contributed by atoms with E-state index >= 15 is 0 Å². The van der Waals surface area contributed by atoms with Gasteiger partial charge in [-0.25, -0.2) is 4.79 Å². The van der Waals surface area contributed by atoms with Crippen LogP contribution in [0.3, 0.4) is 0 Å². The van der Waals surface area contributed by atoms with Gasteiger partial charge in [-0.05, 0) is 23.8 Å². The van der Waals surface area contributed by atoms with Crippen molar-refractivity contribution in [2.45, 2.75) is 12.7 Å². The van der Waals surface area contributed by atoms with Gasteiger partial charge < -0.3 is 19.1 Å². The highest BCUT2D eigenvalue weighted by Crippen LogP contribution is 2.30. The number of benzene rings is 3. The SMILES string of the molecule is COc1cc(C(=O)O[C@H](C(=O)N(C)C)c2ccccc2)ccc1OCc1ccccc1. The number of hydrogen-bond acceptors (Lipinski definition) is 5. The summed E-state index contributed by atoms with van der Waals surface area (Å²) in [5.74, 6) is -0.0428. The van der Waals surface area contributed by atoms with Crippen LogP contribution in [0.5, 0.6) is 11.5 Å². The van der Waals surface area contributed by atoms with E-state index in [1.165, 1.54) is 12.0 Å². The minimum atomic E-state index is -1.04. The fourth-order valence-corrected chi connectivity index (χ4v) is 2.95. The Hall–Kier alpha value is -3.80. The van der Waals surface area contributed by atoms with Gasteiger partial charge in [-0.15, -0.1) is 0 Å². The minimum absolute atomic E-state index is 0.261. The lowest BCUT2D eigenvalue weighted by molar-refractivity contribution is -0.138. The molecule has 3 aromatic rings. The van der Waals surface area contributed by atoms with Crippen molar-refractivity contribution < 1.29 is 23.8 Å². The molecule has 0 saturated carbocycles. The van der Waals surface area contributed by atoms with Crippen molar-refractivity contribution >= 4 is 11.9 Å². The van der Waals surface area contributed by atoms with Crippen molar-refractivity contribution in [1.82, 2.24) is 4.90 Å². The lowest BCUT2D eigenvalue weighted by atomic mass is 10.1. The second-order valence-corrected chi connectivity index (χ2v) is 7.07. The number of rotatable bonds is 8. The molecule has 0 aliphatic rings. The third-order valence-corrected chi connectivity index (χ3v) is 4.63. The molecule has 0 fully saturated rings. The van der Waals surface area contributed by atoms with Crippen LogP contribution in [0.25, 0.3) is 0 Å². The van der Waals surface area contributed by atoms with Gasteiger partial charge in [0.1, 0.15) is 6.61 Å². The molecule has 1 atom stereocenters. The first-order valence-corrected chi connectivity index (χ1v) is 9.81. The predicted molar refractivity (Wildman–Crippen MR) is 117 cm³/mol. The Morgan fingerprint density at radius 3 is 2.13 bits per heavy atom. The van der Waals surface area contributed by atoms with E-state index in [-0.39, 0.29) is 11.5 Å². The van der Waals surface area contributed by atoms with Crippen LogP contribution in [0.2, 0.25) is 0 Å². The minimum Gasteiger partial charge on any atom is -0.493 e. The number of hydrogen-bond donors (Lipinski definition) is 0. The molecule has 3 rings (SSSR count). The van der Waals surface area contributed by atoms with Crippen LogP contribution >= 0.6 is 0 Å². The molecular weight excluding hydrogens is 394 g/mol. The monoisotopic (exact) mass is 419 g/mol. The van der Waals surface area contributed by atoms with Crippen molar-refractivity contribution in [2.75, 3.05) is 21.2 Å². The largest absolute Gasteiger partial charge is 0.493 e. The van der Waals surface area contributed by atoms with Crippen molar-refractivity contribution in [2.24, 2.45) is 0 Å². The molecule has 0 N–H and O–H groups in total. The van der Waals surface area contributed by atoms with Gasteiger partial charge in [-0.3, -0.25) is 4.79 Å². The highest BCUT2D eigenvalue weighted by Gasteiger charge is 2.27. The Morgan fingerprint density at radius 2 is 1.52 bits per heavy atom. The zero-order valence-corrected chi connectivity index (χ0v) is 17.8. The average molecular weight is 419 g/mol. The molecule has 1 amide bonds. The van der Waals surface area contributed by atoms with Crippen LogP contribution in [0.1, 0.15) is 27.6 Å². The average Bonchev–Trinajstić information content (AvgIpc) is 2.81. The van der Waals surface area contributed by atoms with Gasteiger partial charge in [-0.1, -0.05) is 60.7 Å². The highest BCUT2D eigenvalue weighted by molar-refractivity contribution is 5.93. The Kier molecular flexibility index (Phi) is 7.27. The van der Waals surface area contributed by atoms with Crippen LogP contribution in [-0.4, -0.2) is 38.0 Å². The highest BCUT2D eigenvalue weighted by atomic mass is 16.5. The summed E-state index contributed by atoms with van der Waals surface area (Å²) in [6.07, 6.45) is -1.04. The number of amides is 1. The third-order valence-electron chi connectivity index (χ3n) is 4.63. The van der Waals surface area contributed by atoms with E-state index < -0.39 is 12.1 Å². The van der Waals surface area contributed by atoms with Gasteiger partial charge in [0.05, 0.1) is 12.7 Å². The van der Waals surface area contributed by atoms with Crippen LogP contribution in [-0.2, 0) is 16.1 Å². The summed E-state index contributed by atoms with van der Waals surface area (Å²) < 4.78 is 16.8. The summed E-state index contributed by atoms with van der Waals surface area (Å²) in [6.45, 7) is 0.369. The number of likely N-dealkylation sites (N-methyl/N-ethyl adjacent to an activating group) is 1. The summed E-state index contributed by atoms with van der Waals surface area (Å²) in [5.41, 5.74) is 1.88. The van der Waals surface area contributed by atoms with Gasteiger partial charge >= 0.3 is 5.97 Å². The van der Waals surface area contributed by atoms with Crippen LogP contribution in [0.4, 0.5) is 0 Å². The molecule has 3 aromatic carbocycles. The Morgan fingerprint density at radius 1 is 0.871 bits per heavy atom. The fourth-order valence-electron chi connectivity index (χ4n) is 2.95. The number of carbonyl (C=O) groups is 2. The Bertz CT molecular complexity index is 1020. The Balaban J connectivity index is 1.77. The first-order valence-electron chi connectivity index (χ1n) is 9.81. The molecule has 0 bridgehead atoms. The molecule has 6 heteroatoms. The molecular formula is C25H25NO5. The van der Waals surface area contributed by atoms with Gasteiger partial charge in [-0.2, -0.15) is 0 Å². The van der Waals surface area contributed by atoms with Gasteiger partial charge in [0.2, 0.25) is 6.10 Å².